The largest absolute Gasteiger partial charge is 0.383 e. The molecule has 7 nitrogen and oxygen atoms in total. The van der Waals surface area contributed by atoms with Crippen LogP contribution in [0.15, 0.2) is 31.1 Å². The van der Waals surface area contributed by atoms with Gasteiger partial charge in [-0.25, -0.2) is 9.78 Å². The van der Waals surface area contributed by atoms with Crippen molar-refractivity contribution in [3.05, 3.63) is 31.1 Å². The van der Waals surface area contributed by atoms with Crippen LogP contribution in [0, 0.1) is 0 Å². The van der Waals surface area contributed by atoms with Crippen molar-refractivity contribution in [1.82, 2.24) is 19.3 Å². The third-order valence-corrected chi connectivity index (χ3v) is 2.15. The Labute approximate surface area is 98.0 Å². The molecule has 0 radical (unpaired) electrons. The molecule has 0 unspecified atom stereocenters. The van der Waals surface area contributed by atoms with Gasteiger partial charge in [0, 0.05) is 25.7 Å². The van der Waals surface area contributed by atoms with Crippen molar-refractivity contribution >= 4 is 11.7 Å². The molecule has 0 spiro atoms. The smallest absolute Gasteiger partial charge is 0.331 e. The molecule has 2 heterocycles. The molecule has 17 heavy (non-hydrogen) atoms. The molecule has 0 saturated heterocycles. The standard InChI is InChI=1S/C10H13N5O2/c1-17-5-4-15-7-9(6-12-15)13-10(16)14-3-2-11-8-14/h2-3,6-8H,4-5H2,1H3,(H,13,16). The molecule has 7 heteroatoms. The van der Waals surface area contributed by atoms with E-state index in [0.717, 1.165) is 0 Å². The fraction of sp³-hybridized carbons (Fsp3) is 0.300. The van der Waals surface area contributed by atoms with Crippen molar-refractivity contribution < 1.29 is 9.53 Å². The van der Waals surface area contributed by atoms with E-state index in [1.165, 1.54) is 10.9 Å². The molecule has 0 aromatic carbocycles. The van der Waals surface area contributed by atoms with Crippen molar-refractivity contribution in [2.75, 3.05) is 19.0 Å². The monoisotopic (exact) mass is 235 g/mol. The summed E-state index contributed by atoms with van der Waals surface area (Å²) < 4.78 is 7.99. The van der Waals surface area contributed by atoms with Crippen molar-refractivity contribution in [2.45, 2.75) is 6.54 Å². The Morgan fingerprint density at radius 3 is 3.18 bits per heavy atom. The second-order valence-electron chi connectivity index (χ2n) is 3.38. The maximum absolute atomic E-state index is 11.6. The summed E-state index contributed by atoms with van der Waals surface area (Å²) in [5.41, 5.74) is 0.639. The molecule has 90 valence electrons. The van der Waals surface area contributed by atoms with E-state index in [1.54, 1.807) is 36.6 Å². The molecule has 0 aliphatic carbocycles. The van der Waals surface area contributed by atoms with Crippen LogP contribution in [0.25, 0.3) is 0 Å². The number of aromatic nitrogens is 4. The summed E-state index contributed by atoms with van der Waals surface area (Å²) in [6.07, 6.45) is 7.88. The van der Waals surface area contributed by atoms with Crippen LogP contribution in [0.1, 0.15) is 0 Å². The van der Waals surface area contributed by atoms with Crippen LogP contribution in [0.5, 0.6) is 0 Å². The minimum atomic E-state index is -0.270. The van der Waals surface area contributed by atoms with Gasteiger partial charge in [-0.3, -0.25) is 9.25 Å². The van der Waals surface area contributed by atoms with Crippen LogP contribution < -0.4 is 5.32 Å². The fourth-order valence-corrected chi connectivity index (χ4v) is 1.30. The maximum atomic E-state index is 11.6. The highest BCUT2D eigenvalue weighted by molar-refractivity contribution is 5.90. The number of methoxy groups -OCH3 is 1. The zero-order valence-electron chi connectivity index (χ0n) is 9.41. The average molecular weight is 235 g/mol. The molecular formula is C10H13N5O2. The zero-order valence-corrected chi connectivity index (χ0v) is 9.41. The Morgan fingerprint density at radius 1 is 1.59 bits per heavy atom. The molecule has 0 aliphatic rings. The third kappa shape index (κ3) is 2.91. The number of carbonyl (C=O) groups excluding carboxylic acids is 1. The quantitative estimate of drug-likeness (QED) is 0.850. The zero-order chi connectivity index (χ0) is 12.1. The number of ether oxygens (including phenoxy) is 1. The second kappa shape index (κ2) is 5.26. The van der Waals surface area contributed by atoms with E-state index in [1.807, 2.05) is 0 Å². The van der Waals surface area contributed by atoms with Gasteiger partial charge in [-0.05, 0) is 0 Å². The van der Waals surface area contributed by atoms with E-state index in [0.29, 0.717) is 18.8 Å². The van der Waals surface area contributed by atoms with Crippen molar-refractivity contribution in [1.29, 1.82) is 0 Å². The SMILES string of the molecule is COCCn1cc(NC(=O)n2ccnc2)cn1. The van der Waals surface area contributed by atoms with Gasteiger partial charge < -0.3 is 10.1 Å². The number of carbonyl (C=O) groups is 1. The van der Waals surface area contributed by atoms with E-state index < -0.39 is 0 Å². The number of hydrogen-bond acceptors (Lipinski definition) is 4. The third-order valence-electron chi connectivity index (χ3n) is 2.15. The van der Waals surface area contributed by atoms with Gasteiger partial charge in [0.25, 0.3) is 0 Å². The summed E-state index contributed by atoms with van der Waals surface area (Å²) in [6, 6.07) is -0.270. The molecule has 1 amide bonds. The van der Waals surface area contributed by atoms with Gasteiger partial charge >= 0.3 is 6.03 Å². The van der Waals surface area contributed by atoms with Crippen LogP contribution in [-0.2, 0) is 11.3 Å². The summed E-state index contributed by atoms with van der Waals surface area (Å²) in [6.45, 7) is 1.23. The van der Waals surface area contributed by atoms with Crippen molar-refractivity contribution in [3.63, 3.8) is 0 Å². The van der Waals surface area contributed by atoms with Gasteiger partial charge in [0.1, 0.15) is 6.33 Å². The van der Waals surface area contributed by atoms with Crippen LogP contribution in [-0.4, -0.2) is 39.1 Å². The minimum absolute atomic E-state index is 0.270. The summed E-state index contributed by atoms with van der Waals surface area (Å²) in [4.78, 5) is 15.4. The molecule has 0 aliphatic heterocycles. The number of anilines is 1. The highest BCUT2D eigenvalue weighted by Crippen LogP contribution is 2.05. The van der Waals surface area contributed by atoms with E-state index in [4.69, 9.17) is 4.74 Å². The maximum Gasteiger partial charge on any atom is 0.331 e. The molecule has 2 aromatic heterocycles. The minimum Gasteiger partial charge on any atom is -0.383 e. The van der Waals surface area contributed by atoms with Crippen molar-refractivity contribution in [3.8, 4) is 0 Å². The molecule has 0 atom stereocenters. The normalized spacial score (nSPS) is 10.4. The lowest BCUT2D eigenvalue weighted by atomic mass is 10.5. The van der Waals surface area contributed by atoms with E-state index in [9.17, 15) is 4.79 Å². The lowest BCUT2D eigenvalue weighted by Crippen LogP contribution is -2.17. The molecular weight excluding hydrogens is 222 g/mol. The van der Waals surface area contributed by atoms with Crippen LogP contribution in [0.2, 0.25) is 0 Å². The summed E-state index contributed by atoms with van der Waals surface area (Å²) in [7, 11) is 1.63. The van der Waals surface area contributed by atoms with Gasteiger partial charge in [0.2, 0.25) is 0 Å². The highest BCUT2D eigenvalue weighted by Gasteiger charge is 2.05. The Kier molecular flexibility index (Phi) is 3.51. The number of amides is 1. The molecule has 0 saturated carbocycles. The summed E-state index contributed by atoms with van der Waals surface area (Å²) in [5.74, 6) is 0. The molecule has 2 rings (SSSR count). The van der Waals surface area contributed by atoms with Gasteiger partial charge in [-0.2, -0.15) is 5.10 Å². The first-order valence-electron chi connectivity index (χ1n) is 5.10. The second-order valence-corrected chi connectivity index (χ2v) is 3.38. The highest BCUT2D eigenvalue weighted by atomic mass is 16.5. The summed E-state index contributed by atoms with van der Waals surface area (Å²) in [5, 5.41) is 6.79. The first-order valence-corrected chi connectivity index (χ1v) is 5.10. The van der Waals surface area contributed by atoms with Gasteiger partial charge in [0.05, 0.1) is 25.0 Å². The summed E-state index contributed by atoms with van der Waals surface area (Å²) >= 11 is 0. The Bertz CT molecular complexity index is 477. The van der Waals surface area contributed by atoms with Gasteiger partial charge in [-0.1, -0.05) is 0 Å². The van der Waals surface area contributed by atoms with Gasteiger partial charge in [-0.15, -0.1) is 0 Å². The van der Waals surface area contributed by atoms with Crippen LogP contribution in [0.4, 0.5) is 10.5 Å². The molecule has 2 aromatic rings. The number of rotatable bonds is 4. The van der Waals surface area contributed by atoms with Crippen LogP contribution in [0.3, 0.4) is 0 Å². The molecule has 1 N–H and O–H groups in total. The Morgan fingerprint density at radius 2 is 2.47 bits per heavy atom. The predicted octanol–water partition coefficient (Wildman–Crippen LogP) is 0.806. The topological polar surface area (TPSA) is 74.0 Å². The molecule has 0 bridgehead atoms. The number of imidazole rings is 1. The van der Waals surface area contributed by atoms with Gasteiger partial charge in [0.15, 0.2) is 0 Å². The first kappa shape index (κ1) is 11.3. The average Bonchev–Trinajstić information content (AvgIpc) is 2.97. The number of nitrogens with zero attached hydrogens (tertiary/aromatic N) is 4. The lowest BCUT2D eigenvalue weighted by Gasteiger charge is -2.01. The van der Waals surface area contributed by atoms with Crippen LogP contribution >= 0.6 is 0 Å². The van der Waals surface area contributed by atoms with Crippen molar-refractivity contribution in [2.24, 2.45) is 0 Å². The predicted molar refractivity (Wildman–Crippen MR) is 60.7 cm³/mol. The number of nitrogens with one attached hydrogen (secondary N) is 1. The van der Waals surface area contributed by atoms with E-state index >= 15 is 0 Å². The van der Waals surface area contributed by atoms with E-state index in [2.05, 4.69) is 15.4 Å². The molecule has 0 fully saturated rings. The number of hydrogen-bond donors (Lipinski definition) is 1. The van der Waals surface area contributed by atoms with E-state index in [-0.39, 0.29) is 6.03 Å². The first-order chi connectivity index (χ1) is 8.29. The Hall–Kier alpha value is -2.15. The lowest BCUT2D eigenvalue weighted by molar-refractivity contribution is 0.183. The Balaban J connectivity index is 1.95. The fourth-order valence-electron chi connectivity index (χ4n) is 1.30.